The standard InChI is InChI=1S/C23H39N5/c1-3-24-23(25-15-18-27(2)22-11-7-8-12-22)26-21-13-16-28(17-14-21)19-20-9-5-4-6-10-20/h4-6,9-10,21-22H,3,7-8,11-19H2,1-2H3,(H2,24,25,26). The molecule has 1 aromatic rings. The minimum absolute atomic E-state index is 0.525. The molecule has 5 nitrogen and oxygen atoms in total. The van der Waals surface area contributed by atoms with Crippen molar-refractivity contribution in [2.24, 2.45) is 4.99 Å². The molecule has 0 bridgehead atoms. The Hall–Kier alpha value is -1.59. The maximum atomic E-state index is 4.84. The molecule has 1 aliphatic carbocycles. The predicted octanol–water partition coefficient (Wildman–Crippen LogP) is 3.08. The second-order valence-electron chi connectivity index (χ2n) is 8.36. The highest BCUT2D eigenvalue weighted by Gasteiger charge is 2.21. The Morgan fingerprint density at radius 2 is 1.82 bits per heavy atom. The molecule has 1 aromatic carbocycles. The number of nitrogens with one attached hydrogen (secondary N) is 2. The third-order valence-electron chi connectivity index (χ3n) is 6.19. The second-order valence-corrected chi connectivity index (χ2v) is 8.36. The molecule has 0 radical (unpaired) electrons. The summed E-state index contributed by atoms with van der Waals surface area (Å²) < 4.78 is 0. The molecule has 5 heteroatoms. The Labute approximate surface area is 171 Å². The summed E-state index contributed by atoms with van der Waals surface area (Å²) in [5, 5.41) is 7.11. The van der Waals surface area contributed by atoms with Crippen molar-refractivity contribution in [2.45, 2.75) is 64.1 Å². The summed E-state index contributed by atoms with van der Waals surface area (Å²) in [7, 11) is 2.26. The zero-order valence-corrected chi connectivity index (χ0v) is 17.9. The van der Waals surface area contributed by atoms with Gasteiger partial charge >= 0.3 is 0 Å². The molecule has 1 aliphatic heterocycles. The van der Waals surface area contributed by atoms with Gasteiger partial charge in [0.25, 0.3) is 0 Å². The van der Waals surface area contributed by atoms with E-state index in [4.69, 9.17) is 4.99 Å². The highest BCUT2D eigenvalue weighted by atomic mass is 15.2. The Morgan fingerprint density at radius 3 is 2.50 bits per heavy atom. The summed E-state index contributed by atoms with van der Waals surface area (Å²) in [6.07, 6.45) is 7.87. The van der Waals surface area contributed by atoms with E-state index in [0.717, 1.165) is 51.3 Å². The van der Waals surface area contributed by atoms with Gasteiger partial charge in [-0.2, -0.15) is 0 Å². The lowest BCUT2D eigenvalue weighted by Gasteiger charge is -2.33. The topological polar surface area (TPSA) is 42.9 Å². The molecule has 2 N–H and O–H groups in total. The van der Waals surface area contributed by atoms with Gasteiger partial charge in [0.1, 0.15) is 0 Å². The van der Waals surface area contributed by atoms with Crippen molar-refractivity contribution in [3.63, 3.8) is 0 Å². The predicted molar refractivity (Wildman–Crippen MR) is 119 cm³/mol. The highest BCUT2D eigenvalue weighted by Crippen LogP contribution is 2.22. The largest absolute Gasteiger partial charge is 0.357 e. The van der Waals surface area contributed by atoms with Crippen LogP contribution in [0.3, 0.4) is 0 Å². The van der Waals surface area contributed by atoms with E-state index in [2.05, 4.69) is 64.7 Å². The van der Waals surface area contributed by atoms with Crippen LogP contribution in [0.4, 0.5) is 0 Å². The molecule has 2 aliphatic rings. The third-order valence-corrected chi connectivity index (χ3v) is 6.19. The summed E-state index contributed by atoms with van der Waals surface area (Å²) in [5.41, 5.74) is 1.41. The van der Waals surface area contributed by atoms with Crippen molar-refractivity contribution in [2.75, 3.05) is 39.8 Å². The fourth-order valence-corrected chi connectivity index (χ4v) is 4.44. The van der Waals surface area contributed by atoms with Crippen LogP contribution in [0.2, 0.25) is 0 Å². The number of guanidine groups is 1. The number of piperidine rings is 1. The fourth-order valence-electron chi connectivity index (χ4n) is 4.44. The van der Waals surface area contributed by atoms with Crippen LogP contribution >= 0.6 is 0 Å². The highest BCUT2D eigenvalue weighted by molar-refractivity contribution is 5.80. The first kappa shape index (κ1) is 21.1. The van der Waals surface area contributed by atoms with E-state index < -0.39 is 0 Å². The molecule has 0 amide bonds. The Morgan fingerprint density at radius 1 is 1.11 bits per heavy atom. The molecule has 0 atom stereocenters. The van der Waals surface area contributed by atoms with Crippen LogP contribution in [-0.2, 0) is 6.54 Å². The normalized spacial score (nSPS) is 20.0. The van der Waals surface area contributed by atoms with E-state index in [1.54, 1.807) is 0 Å². The van der Waals surface area contributed by atoms with Crippen molar-refractivity contribution in [1.82, 2.24) is 20.4 Å². The van der Waals surface area contributed by atoms with Crippen LogP contribution in [0.1, 0.15) is 51.0 Å². The first-order valence-electron chi connectivity index (χ1n) is 11.3. The summed E-state index contributed by atoms with van der Waals surface area (Å²) >= 11 is 0. The van der Waals surface area contributed by atoms with E-state index in [1.807, 2.05) is 0 Å². The zero-order valence-electron chi connectivity index (χ0n) is 17.9. The van der Waals surface area contributed by atoms with Gasteiger partial charge in [-0.3, -0.25) is 9.89 Å². The lowest BCUT2D eigenvalue weighted by Crippen LogP contribution is -2.48. The van der Waals surface area contributed by atoms with Crippen LogP contribution in [-0.4, -0.2) is 67.6 Å². The Bertz CT molecular complexity index is 574. The molecule has 28 heavy (non-hydrogen) atoms. The van der Waals surface area contributed by atoms with E-state index >= 15 is 0 Å². The van der Waals surface area contributed by atoms with Gasteiger partial charge in [0.2, 0.25) is 0 Å². The number of nitrogens with zero attached hydrogens (tertiary/aromatic N) is 3. The number of aliphatic imine (C=N–C) groups is 1. The van der Waals surface area contributed by atoms with Gasteiger partial charge in [-0.25, -0.2) is 0 Å². The fraction of sp³-hybridized carbons (Fsp3) is 0.696. The number of rotatable bonds is 8. The van der Waals surface area contributed by atoms with Gasteiger partial charge in [0.15, 0.2) is 5.96 Å². The minimum Gasteiger partial charge on any atom is -0.357 e. The number of hydrogen-bond donors (Lipinski definition) is 2. The lowest BCUT2D eigenvalue weighted by molar-refractivity contribution is 0.198. The average Bonchev–Trinajstić information content (AvgIpc) is 3.25. The maximum absolute atomic E-state index is 4.84. The van der Waals surface area contributed by atoms with Crippen LogP contribution < -0.4 is 10.6 Å². The third kappa shape index (κ3) is 6.78. The summed E-state index contributed by atoms with van der Waals surface area (Å²) in [6, 6.07) is 12.1. The number of likely N-dealkylation sites (N-methyl/N-ethyl adjacent to an activating group) is 1. The van der Waals surface area contributed by atoms with Crippen LogP contribution in [0.25, 0.3) is 0 Å². The van der Waals surface area contributed by atoms with Gasteiger partial charge in [0, 0.05) is 44.8 Å². The molecule has 1 heterocycles. The van der Waals surface area contributed by atoms with Crippen molar-refractivity contribution in [3.05, 3.63) is 35.9 Å². The molecule has 0 unspecified atom stereocenters. The monoisotopic (exact) mass is 385 g/mol. The molecule has 0 spiro atoms. The van der Waals surface area contributed by atoms with Crippen LogP contribution in [0, 0.1) is 0 Å². The molecular formula is C23H39N5. The molecular weight excluding hydrogens is 346 g/mol. The van der Waals surface area contributed by atoms with Crippen LogP contribution in [0.5, 0.6) is 0 Å². The van der Waals surface area contributed by atoms with Crippen molar-refractivity contribution in [1.29, 1.82) is 0 Å². The molecule has 156 valence electrons. The van der Waals surface area contributed by atoms with Crippen LogP contribution in [0.15, 0.2) is 35.3 Å². The number of likely N-dealkylation sites (tertiary alicyclic amines) is 1. The second kappa shape index (κ2) is 11.4. The molecule has 3 rings (SSSR count). The Kier molecular flexibility index (Phi) is 8.62. The van der Waals surface area contributed by atoms with E-state index in [1.165, 1.54) is 44.1 Å². The number of benzene rings is 1. The quantitative estimate of drug-likeness (QED) is 0.533. The average molecular weight is 386 g/mol. The van der Waals surface area contributed by atoms with Crippen molar-refractivity contribution < 1.29 is 0 Å². The SMILES string of the molecule is CCNC(=NCCN(C)C1CCCC1)NC1CCN(Cc2ccccc2)CC1. The number of hydrogen-bond acceptors (Lipinski definition) is 3. The van der Waals surface area contributed by atoms with Gasteiger partial charge in [0.05, 0.1) is 6.54 Å². The maximum Gasteiger partial charge on any atom is 0.191 e. The molecule has 0 aromatic heterocycles. The van der Waals surface area contributed by atoms with E-state index in [-0.39, 0.29) is 0 Å². The van der Waals surface area contributed by atoms with Gasteiger partial charge in [-0.1, -0.05) is 43.2 Å². The first-order chi connectivity index (χ1) is 13.7. The molecule has 1 saturated heterocycles. The first-order valence-corrected chi connectivity index (χ1v) is 11.3. The summed E-state index contributed by atoms with van der Waals surface area (Å²) in [5.74, 6) is 0.990. The van der Waals surface area contributed by atoms with Crippen molar-refractivity contribution in [3.8, 4) is 0 Å². The van der Waals surface area contributed by atoms with Gasteiger partial charge in [-0.15, -0.1) is 0 Å². The lowest BCUT2D eigenvalue weighted by atomic mass is 10.0. The minimum atomic E-state index is 0.525. The van der Waals surface area contributed by atoms with E-state index in [9.17, 15) is 0 Å². The summed E-state index contributed by atoms with van der Waals surface area (Å²) in [4.78, 5) is 9.91. The Balaban J connectivity index is 1.40. The molecule has 2 fully saturated rings. The van der Waals surface area contributed by atoms with E-state index in [0.29, 0.717) is 6.04 Å². The zero-order chi connectivity index (χ0) is 19.6. The van der Waals surface area contributed by atoms with Crippen molar-refractivity contribution >= 4 is 5.96 Å². The smallest absolute Gasteiger partial charge is 0.191 e. The summed E-state index contributed by atoms with van der Waals surface area (Å²) in [6.45, 7) is 8.34. The van der Waals surface area contributed by atoms with Gasteiger partial charge < -0.3 is 15.5 Å². The van der Waals surface area contributed by atoms with Gasteiger partial charge in [-0.05, 0) is 45.2 Å². The molecule has 1 saturated carbocycles.